The predicted octanol–water partition coefficient (Wildman–Crippen LogP) is 4.13. The van der Waals surface area contributed by atoms with E-state index in [1.165, 1.54) is 0 Å². The van der Waals surface area contributed by atoms with E-state index in [0.29, 0.717) is 0 Å². The molecule has 0 aliphatic carbocycles. The lowest BCUT2D eigenvalue weighted by molar-refractivity contribution is -0.129. The van der Waals surface area contributed by atoms with Crippen molar-refractivity contribution in [2.24, 2.45) is 0 Å². The second-order valence-electron chi connectivity index (χ2n) is 5.68. The maximum absolute atomic E-state index is 12.2. The van der Waals surface area contributed by atoms with Gasteiger partial charge in [0, 0.05) is 18.2 Å². The van der Waals surface area contributed by atoms with Gasteiger partial charge < -0.3 is 9.64 Å². The Morgan fingerprint density at radius 1 is 1.14 bits per heavy atom. The Kier molecular flexibility index (Phi) is 7.00. The van der Waals surface area contributed by atoms with Crippen LogP contribution in [0.5, 0.6) is 5.75 Å². The molecule has 1 rings (SSSR count). The van der Waals surface area contributed by atoms with Crippen molar-refractivity contribution in [2.75, 3.05) is 6.61 Å². The van der Waals surface area contributed by atoms with Crippen LogP contribution >= 0.6 is 0 Å². The van der Waals surface area contributed by atoms with E-state index in [0.717, 1.165) is 24.3 Å². The minimum absolute atomic E-state index is 0.0475. The first-order chi connectivity index (χ1) is 9.95. The Bertz CT molecular complexity index is 453. The van der Waals surface area contributed by atoms with Crippen LogP contribution in [0.15, 0.2) is 30.3 Å². The van der Waals surface area contributed by atoms with E-state index in [4.69, 9.17) is 4.74 Å². The molecule has 1 aromatic carbocycles. The van der Waals surface area contributed by atoms with Gasteiger partial charge in [0.25, 0.3) is 0 Å². The van der Waals surface area contributed by atoms with E-state index < -0.39 is 0 Å². The van der Waals surface area contributed by atoms with Gasteiger partial charge in [0.05, 0.1) is 6.61 Å². The summed E-state index contributed by atoms with van der Waals surface area (Å²) in [7, 11) is 0. The van der Waals surface area contributed by atoms with Crippen molar-refractivity contribution in [3.05, 3.63) is 35.9 Å². The number of rotatable bonds is 7. The molecule has 116 valence electrons. The lowest BCUT2D eigenvalue weighted by Gasteiger charge is -2.29. The lowest BCUT2D eigenvalue weighted by atomic mass is 10.2. The fraction of sp³-hybridized carbons (Fsp3) is 0.500. The molecule has 1 amide bonds. The highest BCUT2D eigenvalue weighted by Crippen LogP contribution is 2.14. The smallest absolute Gasteiger partial charge is 0.247 e. The number of ether oxygens (including phenoxy) is 1. The first-order valence-corrected chi connectivity index (χ1v) is 7.69. The highest BCUT2D eigenvalue weighted by Gasteiger charge is 2.17. The Morgan fingerprint density at radius 3 is 2.19 bits per heavy atom. The number of carbonyl (C=O) groups is 1. The standard InChI is InChI=1S/C18H27NO2/c1-6-13-21-17-10-7-16(8-11-17)9-12-18(20)19(14(2)3)15(4)5/h7-12,14-15H,6,13H2,1-5H3. The van der Waals surface area contributed by atoms with Crippen molar-refractivity contribution in [1.82, 2.24) is 4.90 Å². The third-order valence-corrected chi connectivity index (χ3v) is 3.14. The topological polar surface area (TPSA) is 29.5 Å². The van der Waals surface area contributed by atoms with Crippen LogP contribution in [0.2, 0.25) is 0 Å². The zero-order chi connectivity index (χ0) is 15.8. The van der Waals surface area contributed by atoms with E-state index in [2.05, 4.69) is 6.92 Å². The molecule has 0 aliphatic heterocycles. The van der Waals surface area contributed by atoms with Crippen molar-refractivity contribution < 1.29 is 9.53 Å². The van der Waals surface area contributed by atoms with Gasteiger partial charge in [-0.25, -0.2) is 0 Å². The summed E-state index contributed by atoms with van der Waals surface area (Å²) in [5.74, 6) is 0.914. The summed E-state index contributed by atoms with van der Waals surface area (Å²) in [5, 5.41) is 0. The molecule has 0 unspecified atom stereocenters. The van der Waals surface area contributed by atoms with E-state index in [1.54, 1.807) is 6.08 Å². The van der Waals surface area contributed by atoms with Gasteiger partial charge in [0.2, 0.25) is 5.91 Å². The first-order valence-electron chi connectivity index (χ1n) is 7.69. The molecule has 0 saturated carbocycles. The quantitative estimate of drug-likeness (QED) is 0.706. The van der Waals surface area contributed by atoms with E-state index in [9.17, 15) is 4.79 Å². The van der Waals surface area contributed by atoms with Crippen molar-refractivity contribution in [3.8, 4) is 5.75 Å². The highest BCUT2D eigenvalue weighted by atomic mass is 16.5. The molecule has 3 nitrogen and oxygen atoms in total. The Labute approximate surface area is 128 Å². The lowest BCUT2D eigenvalue weighted by Crippen LogP contribution is -2.41. The molecule has 0 atom stereocenters. The number of carbonyl (C=O) groups excluding carboxylic acids is 1. The molecule has 3 heteroatoms. The van der Waals surface area contributed by atoms with Crippen LogP contribution < -0.4 is 4.74 Å². The molecular formula is C18H27NO2. The van der Waals surface area contributed by atoms with Gasteiger partial charge in [-0.1, -0.05) is 19.1 Å². The number of hydrogen-bond donors (Lipinski definition) is 0. The minimum atomic E-state index is 0.0475. The SMILES string of the molecule is CCCOc1ccc(C=CC(=O)N(C(C)C)C(C)C)cc1. The molecular weight excluding hydrogens is 262 g/mol. The summed E-state index contributed by atoms with van der Waals surface area (Å²) in [6, 6.07) is 8.19. The van der Waals surface area contributed by atoms with Gasteiger partial charge in [0.15, 0.2) is 0 Å². The minimum Gasteiger partial charge on any atom is -0.494 e. The number of nitrogens with zero attached hydrogens (tertiary/aromatic N) is 1. The number of amides is 1. The molecule has 0 aromatic heterocycles. The summed E-state index contributed by atoms with van der Waals surface area (Å²) in [5.41, 5.74) is 1.000. The number of benzene rings is 1. The van der Waals surface area contributed by atoms with Gasteiger partial charge in [-0.2, -0.15) is 0 Å². The van der Waals surface area contributed by atoms with E-state index in [1.807, 2.05) is 62.9 Å². The van der Waals surface area contributed by atoms with Crippen molar-refractivity contribution in [2.45, 2.75) is 53.1 Å². The number of hydrogen-bond acceptors (Lipinski definition) is 2. The first kappa shape index (κ1) is 17.3. The third-order valence-electron chi connectivity index (χ3n) is 3.14. The monoisotopic (exact) mass is 289 g/mol. The van der Waals surface area contributed by atoms with Crippen LogP contribution in [0.3, 0.4) is 0 Å². The second kappa shape index (κ2) is 8.50. The van der Waals surface area contributed by atoms with Crippen LogP contribution in [0.4, 0.5) is 0 Å². The average molecular weight is 289 g/mol. The largest absolute Gasteiger partial charge is 0.494 e. The third kappa shape index (κ3) is 5.62. The summed E-state index contributed by atoms with van der Waals surface area (Å²) in [6.45, 7) is 10.9. The van der Waals surface area contributed by atoms with Crippen LogP contribution in [0.25, 0.3) is 6.08 Å². The summed E-state index contributed by atoms with van der Waals surface area (Å²) in [6.07, 6.45) is 4.49. The molecule has 0 saturated heterocycles. The van der Waals surface area contributed by atoms with Crippen LogP contribution in [0, 0.1) is 0 Å². The average Bonchev–Trinajstić information content (AvgIpc) is 2.43. The fourth-order valence-electron chi connectivity index (χ4n) is 2.25. The van der Waals surface area contributed by atoms with Crippen molar-refractivity contribution in [1.29, 1.82) is 0 Å². The molecule has 0 radical (unpaired) electrons. The second-order valence-corrected chi connectivity index (χ2v) is 5.68. The zero-order valence-electron chi connectivity index (χ0n) is 13.8. The van der Waals surface area contributed by atoms with Crippen molar-refractivity contribution in [3.63, 3.8) is 0 Å². The van der Waals surface area contributed by atoms with Gasteiger partial charge in [-0.3, -0.25) is 4.79 Å². The predicted molar refractivity (Wildman–Crippen MR) is 88.4 cm³/mol. The summed E-state index contributed by atoms with van der Waals surface area (Å²) in [4.78, 5) is 14.1. The molecule has 0 bridgehead atoms. The van der Waals surface area contributed by atoms with Crippen molar-refractivity contribution >= 4 is 12.0 Å². The Morgan fingerprint density at radius 2 is 1.71 bits per heavy atom. The molecule has 0 aliphatic rings. The van der Waals surface area contributed by atoms with Gasteiger partial charge >= 0.3 is 0 Å². The maximum atomic E-state index is 12.2. The van der Waals surface area contributed by atoms with E-state index >= 15 is 0 Å². The van der Waals surface area contributed by atoms with Gasteiger partial charge in [-0.15, -0.1) is 0 Å². The van der Waals surface area contributed by atoms with Crippen LogP contribution in [-0.4, -0.2) is 29.5 Å². The van der Waals surface area contributed by atoms with E-state index in [-0.39, 0.29) is 18.0 Å². The van der Waals surface area contributed by atoms with Gasteiger partial charge in [-0.05, 0) is 57.9 Å². The molecule has 0 fully saturated rings. The highest BCUT2D eigenvalue weighted by molar-refractivity contribution is 5.92. The normalized spacial score (nSPS) is 11.4. The molecule has 1 aromatic rings. The molecule has 0 spiro atoms. The Hall–Kier alpha value is -1.77. The van der Waals surface area contributed by atoms with Crippen LogP contribution in [-0.2, 0) is 4.79 Å². The molecule has 0 N–H and O–H groups in total. The molecule has 0 heterocycles. The fourth-order valence-corrected chi connectivity index (χ4v) is 2.25. The van der Waals surface area contributed by atoms with Crippen LogP contribution in [0.1, 0.15) is 46.6 Å². The zero-order valence-corrected chi connectivity index (χ0v) is 13.8. The van der Waals surface area contributed by atoms with Gasteiger partial charge in [0.1, 0.15) is 5.75 Å². The molecule has 21 heavy (non-hydrogen) atoms. The summed E-state index contributed by atoms with van der Waals surface area (Å²) < 4.78 is 5.54. The Balaban J connectivity index is 2.69. The summed E-state index contributed by atoms with van der Waals surface area (Å²) >= 11 is 0. The maximum Gasteiger partial charge on any atom is 0.247 e.